The number of ether oxygens (including phenoxy) is 2. The molecular weight excluding hydrogens is 380 g/mol. The Bertz CT molecular complexity index is 820. The number of aromatic nitrogens is 2. The molecule has 0 bridgehead atoms. The third-order valence-electron chi connectivity index (χ3n) is 3.59. The maximum atomic E-state index is 12.2. The molecule has 0 saturated heterocycles. The van der Waals surface area contributed by atoms with Crippen LogP contribution in [0.3, 0.4) is 0 Å². The van der Waals surface area contributed by atoms with Gasteiger partial charge in [-0.1, -0.05) is 0 Å². The van der Waals surface area contributed by atoms with Crippen molar-refractivity contribution in [2.75, 3.05) is 17.2 Å². The van der Waals surface area contributed by atoms with Gasteiger partial charge in [-0.15, -0.1) is 11.3 Å². The molecule has 8 nitrogen and oxygen atoms in total. The standard InChI is InChI=1S/C19H28N4O4S/c1-7-26-17(24)15-8-14(16(28-15)22-18(25)27-19(4,5)6)21-10-13-9-20-11-23(13)12(2)3/h8-9,11-12,21H,7,10H2,1-6H3,(H,22,25). The van der Waals surface area contributed by atoms with Crippen LogP contribution < -0.4 is 10.6 Å². The Morgan fingerprint density at radius 3 is 2.64 bits per heavy atom. The van der Waals surface area contributed by atoms with Crippen LogP contribution in [0.25, 0.3) is 0 Å². The summed E-state index contributed by atoms with van der Waals surface area (Å²) in [6.45, 7) is 12.0. The second-order valence-corrected chi connectivity index (χ2v) is 8.49. The highest BCUT2D eigenvalue weighted by atomic mass is 32.1. The van der Waals surface area contributed by atoms with Crippen molar-refractivity contribution in [2.24, 2.45) is 0 Å². The van der Waals surface area contributed by atoms with Crippen LogP contribution in [0.15, 0.2) is 18.6 Å². The molecule has 0 unspecified atom stereocenters. The van der Waals surface area contributed by atoms with Gasteiger partial charge in [-0.05, 0) is 47.6 Å². The van der Waals surface area contributed by atoms with Crippen molar-refractivity contribution in [1.82, 2.24) is 9.55 Å². The lowest BCUT2D eigenvalue weighted by molar-refractivity contribution is 0.0531. The van der Waals surface area contributed by atoms with Gasteiger partial charge in [-0.3, -0.25) is 5.32 Å². The molecule has 0 aromatic carbocycles. The van der Waals surface area contributed by atoms with E-state index >= 15 is 0 Å². The average Bonchev–Trinajstić information content (AvgIpc) is 3.18. The SMILES string of the molecule is CCOC(=O)c1cc(NCc2cncn2C(C)C)c(NC(=O)OC(C)(C)C)s1. The fourth-order valence-electron chi connectivity index (χ4n) is 2.43. The molecule has 0 radical (unpaired) electrons. The monoisotopic (exact) mass is 408 g/mol. The molecule has 0 aliphatic heterocycles. The molecule has 0 fully saturated rings. The second-order valence-electron chi connectivity index (χ2n) is 7.44. The minimum atomic E-state index is -0.622. The number of carbonyl (C=O) groups is 2. The predicted octanol–water partition coefficient (Wildman–Crippen LogP) is 4.66. The van der Waals surface area contributed by atoms with Gasteiger partial charge in [0.1, 0.15) is 15.5 Å². The quantitative estimate of drug-likeness (QED) is 0.647. The van der Waals surface area contributed by atoms with Crippen molar-refractivity contribution >= 4 is 34.1 Å². The highest BCUT2D eigenvalue weighted by Crippen LogP contribution is 2.34. The molecule has 0 saturated carbocycles. The molecule has 2 heterocycles. The highest BCUT2D eigenvalue weighted by Gasteiger charge is 2.21. The summed E-state index contributed by atoms with van der Waals surface area (Å²) in [7, 11) is 0. The summed E-state index contributed by atoms with van der Waals surface area (Å²) in [6.07, 6.45) is 2.98. The normalized spacial score (nSPS) is 11.4. The molecule has 28 heavy (non-hydrogen) atoms. The number of hydrogen-bond acceptors (Lipinski definition) is 7. The first-order valence-corrected chi connectivity index (χ1v) is 9.98. The number of carbonyl (C=O) groups excluding carboxylic acids is 2. The van der Waals surface area contributed by atoms with Crippen LogP contribution in [-0.2, 0) is 16.0 Å². The van der Waals surface area contributed by atoms with Crippen LogP contribution in [-0.4, -0.2) is 33.8 Å². The summed E-state index contributed by atoms with van der Waals surface area (Å²) >= 11 is 1.14. The third kappa shape index (κ3) is 5.98. The number of nitrogens with zero attached hydrogens (tertiary/aromatic N) is 2. The van der Waals surface area contributed by atoms with Crippen molar-refractivity contribution in [1.29, 1.82) is 0 Å². The Kier molecular flexibility index (Phi) is 7.06. The topological polar surface area (TPSA) is 94.5 Å². The first-order chi connectivity index (χ1) is 13.1. The second kappa shape index (κ2) is 9.09. The number of thiophene rings is 1. The Hall–Kier alpha value is -2.55. The van der Waals surface area contributed by atoms with Crippen LogP contribution in [0.2, 0.25) is 0 Å². The number of rotatable bonds is 7. The van der Waals surface area contributed by atoms with E-state index < -0.39 is 17.7 Å². The Morgan fingerprint density at radius 2 is 2.04 bits per heavy atom. The fourth-order valence-corrected chi connectivity index (χ4v) is 3.35. The van der Waals surface area contributed by atoms with E-state index in [0.29, 0.717) is 22.1 Å². The number of anilines is 2. The molecule has 2 aromatic rings. The molecule has 2 rings (SSSR count). The van der Waals surface area contributed by atoms with Gasteiger partial charge < -0.3 is 19.4 Å². The molecule has 0 spiro atoms. The lowest BCUT2D eigenvalue weighted by Gasteiger charge is -2.19. The fraction of sp³-hybridized carbons (Fsp3) is 0.526. The Morgan fingerprint density at radius 1 is 1.32 bits per heavy atom. The molecule has 2 N–H and O–H groups in total. The van der Waals surface area contributed by atoms with Gasteiger partial charge in [0.2, 0.25) is 0 Å². The first-order valence-electron chi connectivity index (χ1n) is 9.16. The minimum Gasteiger partial charge on any atom is -0.462 e. The first kappa shape index (κ1) is 21.7. The lowest BCUT2D eigenvalue weighted by atomic mass is 10.2. The predicted molar refractivity (Wildman–Crippen MR) is 110 cm³/mol. The van der Waals surface area contributed by atoms with E-state index in [1.165, 1.54) is 0 Å². The van der Waals surface area contributed by atoms with Crippen LogP contribution in [0, 0.1) is 0 Å². The van der Waals surface area contributed by atoms with Gasteiger partial charge in [0.15, 0.2) is 0 Å². The number of nitrogens with one attached hydrogen (secondary N) is 2. The average molecular weight is 409 g/mol. The molecular formula is C19H28N4O4S. The van der Waals surface area contributed by atoms with Gasteiger partial charge in [0.25, 0.3) is 0 Å². The number of esters is 1. The summed E-state index contributed by atoms with van der Waals surface area (Å²) in [5, 5.41) is 6.48. The summed E-state index contributed by atoms with van der Waals surface area (Å²) in [6, 6.07) is 1.95. The van der Waals surface area contributed by atoms with Gasteiger partial charge >= 0.3 is 12.1 Å². The summed E-state index contributed by atoms with van der Waals surface area (Å²) < 4.78 is 12.4. The molecule has 9 heteroatoms. The van der Waals surface area contributed by atoms with Gasteiger partial charge in [0, 0.05) is 12.2 Å². The van der Waals surface area contributed by atoms with Gasteiger partial charge in [0.05, 0.1) is 30.9 Å². The molecule has 154 valence electrons. The van der Waals surface area contributed by atoms with E-state index in [2.05, 4.69) is 29.5 Å². The van der Waals surface area contributed by atoms with Crippen molar-refractivity contribution in [3.63, 3.8) is 0 Å². The molecule has 0 aliphatic rings. The zero-order valence-corrected chi connectivity index (χ0v) is 18.0. The van der Waals surface area contributed by atoms with Crippen molar-refractivity contribution in [2.45, 2.75) is 59.7 Å². The molecule has 2 aromatic heterocycles. The molecule has 0 aliphatic carbocycles. The van der Waals surface area contributed by atoms with E-state index in [4.69, 9.17) is 9.47 Å². The summed E-state index contributed by atoms with van der Waals surface area (Å²) in [4.78, 5) is 28.9. The smallest absolute Gasteiger partial charge is 0.412 e. The van der Waals surface area contributed by atoms with E-state index in [1.54, 1.807) is 46.3 Å². The zero-order chi connectivity index (χ0) is 20.9. The van der Waals surface area contributed by atoms with Crippen molar-refractivity contribution in [3.05, 3.63) is 29.2 Å². The van der Waals surface area contributed by atoms with E-state index in [1.807, 2.05) is 4.57 Å². The van der Waals surface area contributed by atoms with E-state index in [9.17, 15) is 9.59 Å². The van der Waals surface area contributed by atoms with Crippen molar-refractivity contribution in [3.8, 4) is 0 Å². The number of amides is 1. The van der Waals surface area contributed by atoms with Crippen molar-refractivity contribution < 1.29 is 19.1 Å². The largest absolute Gasteiger partial charge is 0.462 e. The van der Waals surface area contributed by atoms with E-state index in [-0.39, 0.29) is 12.6 Å². The Balaban J connectivity index is 2.21. The molecule has 0 atom stereocenters. The Labute approximate surface area is 169 Å². The van der Waals surface area contributed by atoms with Gasteiger partial charge in [-0.25, -0.2) is 14.6 Å². The van der Waals surface area contributed by atoms with Gasteiger partial charge in [-0.2, -0.15) is 0 Å². The number of hydrogen-bond donors (Lipinski definition) is 2. The zero-order valence-electron chi connectivity index (χ0n) is 17.2. The van der Waals surface area contributed by atoms with E-state index in [0.717, 1.165) is 17.0 Å². The summed E-state index contributed by atoms with van der Waals surface area (Å²) in [5.74, 6) is -0.431. The van der Waals surface area contributed by atoms with Crippen LogP contribution in [0.5, 0.6) is 0 Å². The maximum Gasteiger partial charge on any atom is 0.412 e. The molecule has 1 amide bonds. The minimum absolute atomic E-state index is 0.274. The number of imidazole rings is 1. The van der Waals surface area contributed by atoms with Crippen LogP contribution in [0.4, 0.5) is 15.5 Å². The highest BCUT2D eigenvalue weighted by molar-refractivity contribution is 7.18. The maximum absolute atomic E-state index is 12.2. The van der Waals surface area contributed by atoms with Crippen LogP contribution in [0.1, 0.15) is 62.9 Å². The third-order valence-corrected chi connectivity index (χ3v) is 4.62. The van der Waals surface area contributed by atoms with Crippen LogP contribution >= 0.6 is 11.3 Å². The lowest BCUT2D eigenvalue weighted by Crippen LogP contribution is -2.27. The summed E-state index contributed by atoms with van der Waals surface area (Å²) in [5.41, 5.74) is 0.986.